The van der Waals surface area contributed by atoms with Crippen molar-refractivity contribution in [2.75, 3.05) is 11.9 Å². The molecule has 0 aliphatic heterocycles. The first-order chi connectivity index (χ1) is 10.0. The minimum Gasteiger partial charge on any atom is -0.491 e. The molecule has 2 nitrogen and oxygen atoms in total. The molecule has 0 aliphatic carbocycles. The molecule has 0 fully saturated rings. The number of hydrogen-bond acceptors (Lipinski definition) is 2. The number of nitrogens with one attached hydrogen (secondary N) is 1. The van der Waals surface area contributed by atoms with E-state index in [2.05, 4.69) is 44.3 Å². The third-order valence-corrected chi connectivity index (χ3v) is 3.51. The standard InChI is InChI=1S/C18H22FNO/c1-5-21-18-9-7-15(11-17(18)19)20-14(4)16-8-6-12(2)10-13(16)3/h6-11,14,20H,5H2,1-4H3. The van der Waals surface area contributed by atoms with Crippen LogP contribution in [-0.2, 0) is 0 Å². The van der Waals surface area contributed by atoms with E-state index >= 15 is 0 Å². The molecular weight excluding hydrogens is 265 g/mol. The van der Waals surface area contributed by atoms with E-state index in [4.69, 9.17) is 4.74 Å². The van der Waals surface area contributed by atoms with Crippen molar-refractivity contribution < 1.29 is 9.13 Å². The molecule has 2 aromatic carbocycles. The molecule has 0 radical (unpaired) electrons. The van der Waals surface area contributed by atoms with Gasteiger partial charge in [-0.15, -0.1) is 0 Å². The van der Waals surface area contributed by atoms with Gasteiger partial charge in [0.15, 0.2) is 11.6 Å². The van der Waals surface area contributed by atoms with Crippen molar-refractivity contribution in [1.29, 1.82) is 0 Å². The predicted molar refractivity (Wildman–Crippen MR) is 85.5 cm³/mol. The average molecular weight is 287 g/mol. The molecule has 0 amide bonds. The van der Waals surface area contributed by atoms with E-state index in [0.717, 1.165) is 5.69 Å². The van der Waals surface area contributed by atoms with Crippen molar-refractivity contribution in [1.82, 2.24) is 0 Å². The summed E-state index contributed by atoms with van der Waals surface area (Å²) in [4.78, 5) is 0. The number of ether oxygens (including phenoxy) is 1. The largest absolute Gasteiger partial charge is 0.491 e. The van der Waals surface area contributed by atoms with E-state index < -0.39 is 0 Å². The molecule has 1 unspecified atom stereocenters. The Balaban J connectivity index is 2.15. The predicted octanol–water partition coefficient (Wildman–Crippen LogP) is 5.01. The van der Waals surface area contributed by atoms with Crippen LogP contribution in [0, 0.1) is 19.7 Å². The van der Waals surface area contributed by atoms with Crippen LogP contribution < -0.4 is 10.1 Å². The lowest BCUT2D eigenvalue weighted by Gasteiger charge is -2.19. The monoisotopic (exact) mass is 287 g/mol. The van der Waals surface area contributed by atoms with Crippen molar-refractivity contribution in [3.63, 3.8) is 0 Å². The van der Waals surface area contributed by atoms with Gasteiger partial charge in [-0.05, 0) is 51.0 Å². The van der Waals surface area contributed by atoms with Crippen molar-refractivity contribution in [2.24, 2.45) is 0 Å². The number of hydrogen-bond donors (Lipinski definition) is 1. The van der Waals surface area contributed by atoms with Crippen LogP contribution in [0.25, 0.3) is 0 Å². The molecule has 112 valence electrons. The van der Waals surface area contributed by atoms with E-state index in [-0.39, 0.29) is 11.9 Å². The van der Waals surface area contributed by atoms with Gasteiger partial charge in [-0.2, -0.15) is 0 Å². The molecule has 0 saturated heterocycles. The highest BCUT2D eigenvalue weighted by Crippen LogP contribution is 2.26. The summed E-state index contributed by atoms with van der Waals surface area (Å²) in [7, 11) is 0. The number of benzene rings is 2. The summed E-state index contributed by atoms with van der Waals surface area (Å²) < 4.78 is 19.1. The number of anilines is 1. The van der Waals surface area contributed by atoms with Gasteiger partial charge in [0.2, 0.25) is 0 Å². The van der Waals surface area contributed by atoms with Gasteiger partial charge in [0, 0.05) is 17.8 Å². The maximum Gasteiger partial charge on any atom is 0.167 e. The summed E-state index contributed by atoms with van der Waals surface area (Å²) in [5, 5.41) is 3.33. The van der Waals surface area contributed by atoms with E-state index in [9.17, 15) is 4.39 Å². The first-order valence-electron chi connectivity index (χ1n) is 7.27. The van der Waals surface area contributed by atoms with Gasteiger partial charge in [0.1, 0.15) is 0 Å². The second-order valence-corrected chi connectivity index (χ2v) is 5.30. The zero-order valence-corrected chi connectivity index (χ0v) is 13.0. The second-order valence-electron chi connectivity index (χ2n) is 5.30. The van der Waals surface area contributed by atoms with Crippen molar-refractivity contribution in [3.8, 4) is 5.75 Å². The highest BCUT2D eigenvalue weighted by atomic mass is 19.1. The Morgan fingerprint density at radius 1 is 1.14 bits per heavy atom. The van der Waals surface area contributed by atoms with Crippen molar-refractivity contribution >= 4 is 5.69 Å². The molecule has 0 saturated carbocycles. The first kappa shape index (κ1) is 15.4. The fourth-order valence-electron chi connectivity index (χ4n) is 2.50. The Hall–Kier alpha value is -2.03. The molecule has 0 bridgehead atoms. The molecule has 1 N–H and O–H groups in total. The summed E-state index contributed by atoms with van der Waals surface area (Å²) in [6.45, 7) is 8.55. The van der Waals surface area contributed by atoms with E-state index in [0.29, 0.717) is 12.4 Å². The normalized spacial score (nSPS) is 12.0. The van der Waals surface area contributed by atoms with Gasteiger partial charge in [-0.25, -0.2) is 4.39 Å². The Labute approximate surface area is 126 Å². The lowest BCUT2D eigenvalue weighted by atomic mass is 10.00. The highest BCUT2D eigenvalue weighted by Gasteiger charge is 2.10. The molecular formula is C18H22FNO. The molecule has 0 aliphatic rings. The van der Waals surface area contributed by atoms with E-state index in [1.165, 1.54) is 22.8 Å². The number of rotatable bonds is 5. The summed E-state index contributed by atoms with van der Waals surface area (Å²) in [5.41, 5.74) is 4.45. The van der Waals surface area contributed by atoms with Crippen LogP contribution in [0.3, 0.4) is 0 Å². The van der Waals surface area contributed by atoms with Crippen LogP contribution in [0.15, 0.2) is 36.4 Å². The summed E-state index contributed by atoms with van der Waals surface area (Å²) in [6.07, 6.45) is 0. The summed E-state index contributed by atoms with van der Waals surface area (Å²) in [5.74, 6) is -0.0445. The Morgan fingerprint density at radius 3 is 2.52 bits per heavy atom. The molecule has 2 rings (SSSR count). The van der Waals surface area contributed by atoms with Crippen LogP contribution in [0.4, 0.5) is 10.1 Å². The van der Waals surface area contributed by atoms with Crippen LogP contribution in [0.5, 0.6) is 5.75 Å². The van der Waals surface area contributed by atoms with Crippen LogP contribution in [-0.4, -0.2) is 6.61 Å². The number of aryl methyl sites for hydroxylation is 2. The molecule has 3 heteroatoms. The van der Waals surface area contributed by atoms with Crippen LogP contribution >= 0.6 is 0 Å². The smallest absolute Gasteiger partial charge is 0.167 e. The maximum atomic E-state index is 13.9. The Morgan fingerprint density at radius 2 is 1.90 bits per heavy atom. The third-order valence-electron chi connectivity index (χ3n) is 3.51. The molecule has 2 aromatic rings. The zero-order valence-electron chi connectivity index (χ0n) is 13.0. The minimum atomic E-state index is -0.338. The fourth-order valence-corrected chi connectivity index (χ4v) is 2.50. The first-order valence-corrected chi connectivity index (χ1v) is 7.27. The molecule has 0 aromatic heterocycles. The van der Waals surface area contributed by atoms with Gasteiger partial charge in [0.05, 0.1) is 6.61 Å². The lowest BCUT2D eigenvalue weighted by Crippen LogP contribution is -2.08. The van der Waals surface area contributed by atoms with Gasteiger partial charge in [-0.1, -0.05) is 23.8 Å². The molecule has 0 heterocycles. The number of halogens is 1. The van der Waals surface area contributed by atoms with Gasteiger partial charge in [0.25, 0.3) is 0 Å². The highest BCUT2D eigenvalue weighted by molar-refractivity contribution is 5.49. The van der Waals surface area contributed by atoms with Gasteiger partial charge >= 0.3 is 0 Å². The van der Waals surface area contributed by atoms with Crippen molar-refractivity contribution in [3.05, 3.63) is 58.9 Å². The van der Waals surface area contributed by atoms with E-state index in [1.54, 1.807) is 6.07 Å². The topological polar surface area (TPSA) is 21.3 Å². The Bertz CT molecular complexity index is 625. The molecule has 0 spiro atoms. The van der Waals surface area contributed by atoms with Gasteiger partial charge < -0.3 is 10.1 Å². The lowest BCUT2D eigenvalue weighted by molar-refractivity contribution is 0.321. The third kappa shape index (κ3) is 3.75. The minimum absolute atomic E-state index is 0.114. The van der Waals surface area contributed by atoms with Crippen LogP contribution in [0.2, 0.25) is 0 Å². The maximum absolute atomic E-state index is 13.9. The average Bonchev–Trinajstić information content (AvgIpc) is 2.41. The zero-order chi connectivity index (χ0) is 15.4. The molecule has 21 heavy (non-hydrogen) atoms. The van der Waals surface area contributed by atoms with Gasteiger partial charge in [-0.3, -0.25) is 0 Å². The summed E-state index contributed by atoms with van der Waals surface area (Å²) >= 11 is 0. The van der Waals surface area contributed by atoms with E-state index in [1.807, 2.05) is 13.0 Å². The molecule has 1 atom stereocenters. The van der Waals surface area contributed by atoms with Crippen molar-refractivity contribution in [2.45, 2.75) is 33.7 Å². The Kier molecular flexibility index (Phi) is 4.84. The SMILES string of the molecule is CCOc1ccc(NC(C)c2ccc(C)cc2C)cc1F. The fraction of sp³-hybridized carbons (Fsp3) is 0.333. The quantitative estimate of drug-likeness (QED) is 0.834. The van der Waals surface area contributed by atoms with Crippen LogP contribution in [0.1, 0.15) is 36.6 Å². The summed E-state index contributed by atoms with van der Waals surface area (Å²) in [6, 6.07) is 11.5. The second kappa shape index (κ2) is 6.61.